The highest BCUT2D eigenvalue weighted by atomic mass is 19.1. The average molecular weight is 417 g/mol. The van der Waals surface area contributed by atoms with E-state index in [1.165, 1.54) is 12.1 Å². The van der Waals surface area contributed by atoms with Gasteiger partial charge in [0.05, 0.1) is 6.54 Å². The Kier molecular flexibility index (Phi) is 6.59. The third-order valence-corrected chi connectivity index (χ3v) is 5.88. The number of morpholine rings is 1. The molecule has 1 aromatic carbocycles. The Balaban J connectivity index is 1.23. The molecule has 2 aliphatic rings. The molecule has 0 aliphatic carbocycles. The molecule has 8 nitrogen and oxygen atoms in total. The molecule has 3 heterocycles. The number of carbonyl (C=O) groups excluding carboxylic acids is 1. The monoisotopic (exact) mass is 417 g/mol. The lowest BCUT2D eigenvalue weighted by Gasteiger charge is -2.42. The maximum atomic E-state index is 13.0. The maximum absolute atomic E-state index is 13.0. The second kappa shape index (κ2) is 9.53. The van der Waals surface area contributed by atoms with Gasteiger partial charge in [0.1, 0.15) is 43.0 Å². The van der Waals surface area contributed by atoms with Gasteiger partial charge in [-0.25, -0.2) is 4.39 Å². The smallest absolute Gasteiger partial charge is 0.248 e. The van der Waals surface area contributed by atoms with Gasteiger partial charge in [0.15, 0.2) is 0 Å². The van der Waals surface area contributed by atoms with E-state index in [1.54, 1.807) is 18.5 Å². The van der Waals surface area contributed by atoms with Crippen molar-refractivity contribution in [3.63, 3.8) is 0 Å². The minimum atomic E-state index is -0.295. The molecule has 1 aromatic heterocycles. The predicted octanol–water partition coefficient (Wildman–Crippen LogP) is 1.50. The number of hydrogen-bond acceptors (Lipinski definition) is 6. The summed E-state index contributed by atoms with van der Waals surface area (Å²) in [4.78, 5) is 16.8. The van der Waals surface area contributed by atoms with Crippen LogP contribution in [0.15, 0.2) is 30.6 Å². The van der Waals surface area contributed by atoms with Crippen LogP contribution in [0, 0.1) is 12.7 Å². The quantitative estimate of drug-likeness (QED) is 0.680. The first-order valence-corrected chi connectivity index (χ1v) is 10.4. The molecule has 4 rings (SSSR count). The van der Waals surface area contributed by atoms with E-state index in [2.05, 4.69) is 19.7 Å². The molecule has 0 N–H and O–H groups in total. The number of carbonyl (C=O) groups is 1. The van der Waals surface area contributed by atoms with Gasteiger partial charge in [0.2, 0.25) is 5.91 Å². The van der Waals surface area contributed by atoms with Crippen LogP contribution in [0.5, 0.6) is 5.75 Å². The number of nitrogens with zero attached hydrogens (tertiary/aromatic N) is 5. The molecule has 162 valence electrons. The van der Waals surface area contributed by atoms with E-state index in [1.807, 2.05) is 11.8 Å². The molecule has 30 heavy (non-hydrogen) atoms. The number of rotatable bonds is 7. The fourth-order valence-electron chi connectivity index (χ4n) is 4.06. The summed E-state index contributed by atoms with van der Waals surface area (Å²) in [5.41, 5.74) is 0. The second-order valence-electron chi connectivity index (χ2n) is 7.89. The Morgan fingerprint density at radius 3 is 2.67 bits per heavy atom. The minimum absolute atomic E-state index is 0.0478. The van der Waals surface area contributed by atoms with Crippen LogP contribution in [0.4, 0.5) is 4.39 Å². The van der Waals surface area contributed by atoms with Gasteiger partial charge in [0.25, 0.3) is 0 Å². The number of aryl methyl sites for hydroxylation is 1. The molecule has 2 saturated heterocycles. The SMILES string of the molecule is Cc1nncn1CCN1CCC(N2C[C@H](COc3ccc(F)cc3)OCC2=O)CC1. The van der Waals surface area contributed by atoms with Gasteiger partial charge in [-0.2, -0.15) is 0 Å². The van der Waals surface area contributed by atoms with Crippen molar-refractivity contribution < 1.29 is 18.7 Å². The largest absolute Gasteiger partial charge is 0.491 e. The number of amides is 1. The van der Waals surface area contributed by atoms with Gasteiger partial charge in [-0.1, -0.05) is 0 Å². The topological polar surface area (TPSA) is 72.7 Å². The Bertz CT molecular complexity index is 835. The zero-order valence-corrected chi connectivity index (χ0v) is 17.2. The van der Waals surface area contributed by atoms with Crippen LogP contribution >= 0.6 is 0 Å². The Morgan fingerprint density at radius 1 is 1.20 bits per heavy atom. The van der Waals surface area contributed by atoms with Crippen molar-refractivity contribution in [3.8, 4) is 5.75 Å². The predicted molar refractivity (Wildman–Crippen MR) is 108 cm³/mol. The van der Waals surface area contributed by atoms with Crippen LogP contribution in [0.3, 0.4) is 0 Å². The van der Waals surface area contributed by atoms with Crippen molar-refractivity contribution in [1.82, 2.24) is 24.6 Å². The third kappa shape index (κ3) is 5.14. The van der Waals surface area contributed by atoms with Gasteiger partial charge in [-0.05, 0) is 44.0 Å². The van der Waals surface area contributed by atoms with E-state index in [9.17, 15) is 9.18 Å². The van der Waals surface area contributed by atoms with Gasteiger partial charge < -0.3 is 23.8 Å². The fourth-order valence-corrected chi connectivity index (χ4v) is 4.06. The standard InChI is InChI=1S/C21H28FN5O3/c1-16-24-23-15-26(16)11-10-25-8-6-18(7-9-25)27-12-20(30-14-21(27)28)13-29-19-4-2-17(22)3-5-19/h2-5,15,18,20H,6-14H2,1H3/t20-/m1/s1. The summed E-state index contributed by atoms with van der Waals surface area (Å²) in [5.74, 6) is 1.28. The number of ether oxygens (including phenoxy) is 2. The van der Waals surface area contributed by atoms with Gasteiger partial charge >= 0.3 is 0 Å². The summed E-state index contributed by atoms with van der Waals surface area (Å²) < 4.78 is 26.4. The van der Waals surface area contributed by atoms with Crippen LogP contribution in [0.1, 0.15) is 18.7 Å². The summed E-state index contributed by atoms with van der Waals surface area (Å²) in [6.07, 6.45) is 3.50. The van der Waals surface area contributed by atoms with Crippen molar-refractivity contribution in [1.29, 1.82) is 0 Å². The number of likely N-dealkylation sites (tertiary alicyclic amines) is 1. The van der Waals surface area contributed by atoms with Crippen molar-refractivity contribution in [2.24, 2.45) is 0 Å². The summed E-state index contributed by atoms with van der Waals surface area (Å²) in [6.45, 7) is 6.68. The Morgan fingerprint density at radius 2 is 1.97 bits per heavy atom. The molecular weight excluding hydrogens is 389 g/mol. The van der Waals surface area contributed by atoms with Crippen LogP contribution < -0.4 is 4.74 Å². The molecular formula is C21H28FN5O3. The fraction of sp³-hybridized carbons (Fsp3) is 0.571. The van der Waals surface area contributed by atoms with E-state index in [0.29, 0.717) is 18.9 Å². The number of halogens is 1. The van der Waals surface area contributed by atoms with Crippen molar-refractivity contribution in [2.45, 2.75) is 38.5 Å². The van der Waals surface area contributed by atoms with E-state index in [4.69, 9.17) is 9.47 Å². The first-order chi connectivity index (χ1) is 14.6. The number of piperidine rings is 1. The zero-order chi connectivity index (χ0) is 20.9. The first kappa shape index (κ1) is 20.7. The van der Waals surface area contributed by atoms with Crippen LogP contribution in [0.2, 0.25) is 0 Å². The lowest BCUT2D eigenvalue weighted by Crippen LogP contribution is -2.55. The second-order valence-corrected chi connectivity index (χ2v) is 7.89. The highest BCUT2D eigenvalue weighted by molar-refractivity contribution is 5.78. The number of hydrogen-bond donors (Lipinski definition) is 0. The summed E-state index contributed by atoms with van der Waals surface area (Å²) in [5, 5.41) is 7.94. The van der Waals surface area contributed by atoms with Crippen LogP contribution in [0.25, 0.3) is 0 Å². The third-order valence-electron chi connectivity index (χ3n) is 5.88. The molecule has 0 spiro atoms. The van der Waals surface area contributed by atoms with Gasteiger partial charge in [-0.3, -0.25) is 4.79 Å². The molecule has 0 unspecified atom stereocenters. The lowest BCUT2D eigenvalue weighted by atomic mass is 10.0. The number of aromatic nitrogens is 3. The highest BCUT2D eigenvalue weighted by Gasteiger charge is 2.33. The molecule has 2 aliphatic heterocycles. The van der Waals surface area contributed by atoms with E-state index in [0.717, 1.165) is 44.8 Å². The molecule has 0 radical (unpaired) electrons. The van der Waals surface area contributed by atoms with Crippen molar-refractivity contribution in [3.05, 3.63) is 42.2 Å². The molecule has 1 atom stereocenters. The normalized spacial score (nSPS) is 21.2. The molecule has 1 amide bonds. The van der Waals surface area contributed by atoms with E-state index in [-0.39, 0.29) is 30.5 Å². The summed E-state index contributed by atoms with van der Waals surface area (Å²) in [7, 11) is 0. The molecule has 2 aromatic rings. The van der Waals surface area contributed by atoms with Crippen molar-refractivity contribution in [2.75, 3.05) is 39.4 Å². The van der Waals surface area contributed by atoms with Crippen molar-refractivity contribution >= 4 is 5.91 Å². The van der Waals surface area contributed by atoms with E-state index >= 15 is 0 Å². The van der Waals surface area contributed by atoms with Gasteiger partial charge in [0, 0.05) is 32.2 Å². The average Bonchev–Trinajstić information content (AvgIpc) is 3.18. The molecule has 9 heteroatoms. The lowest BCUT2D eigenvalue weighted by molar-refractivity contribution is -0.155. The van der Waals surface area contributed by atoms with Gasteiger partial charge in [-0.15, -0.1) is 10.2 Å². The summed E-state index contributed by atoms with van der Waals surface area (Å²) in [6, 6.07) is 6.16. The van der Waals surface area contributed by atoms with Crippen LogP contribution in [-0.2, 0) is 16.1 Å². The highest BCUT2D eigenvalue weighted by Crippen LogP contribution is 2.21. The molecule has 0 bridgehead atoms. The maximum Gasteiger partial charge on any atom is 0.248 e. The zero-order valence-electron chi connectivity index (χ0n) is 17.2. The molecule has 0 saturated carbocycles. The summed E-state index contributed by atoms with van der Waals surface area (Å²) >= 11 is 0. The first-order valence-electron chi connectivity index (χ1n) is 10.4. The minimum Gasteiger partial charge on any atom is -0.491 e. The van der Waals surface area contributed by atoms with E-state index < -0.39 is 0 Å². The Labute approximate surface area is 175 Å². The number of benzene rings is 1. The van der Waals surface area contributed by atoms with Crippen LogP contribution in [-0.4, -0.2) is 82.0 Å². The molecule has 2 fully saturated rings. The Hall–Kier alpha value is -2.52.